The Hall–Kier alpha value is -3.42. The van der Waals surface area contributed by atoms with E-state index in [2.05, 4.69) is 5.32 Å². The second-order valence-electron chi connectivity index (χ2n) is 9.84. The van der Waals surface area contributed by atoms with Crippen molar-refractivity contribution in [3.8, 4) is 11.5 Å². The number of amides is 2. The third kappa shape index (κ3) is 3.94. The molecule has 2 aromatic heterocycles. The van der Waals surface area contributed by atoms with Crippen LogP contribution in [0.5, 0.6) is 11.5 Å². The molecule has 8 nitrogen and oxygen atoms in total. The first-order valence-corrected chi connectivity index (χ1v) is 12.3. The van der Waals surface area contributed by atoms with E-state index in [1.165, 1.54) is 12.8 Å². The number of aromatic nitrogens is 1. The van der Waals surface area contributed by atoms with Gasteiger partial charge in [-0.1, -0.05) is 25.7 Å². The molecule has 0 spiro atoms. The van der Waals surface area contributed by atoms with Gasteiger partial charge in [0.2, 0.25) is 5.91 Å². The van der Waals surface area contributed by atoms with Gasteiger partial charge in [0, 0.05) is 29.9 Å². The fourth-order valence-electron chi connectivity index (χ4n) is 5.53. The van der Waals surface area contributed by atoms with E-state index >= 15 is 0 Å². The molecule has 1 aliphatic carbocycles. The predicted octanol–water partition coefficient (Wildman–Crippen LogP) is 4.82. The van der Waals surface area contributed by atoms with E-state index in [4.69, 9.17) is 13.9 Å². The number of nitrogens with one attached hydrogen (secondary N) is 1. The first-order chi connectivity index (χ1) is 16.9. The van der Waals surface area contributed by atoms with Crippen LogP contribution < -0.4 is 19.7 Å². The van der Waals surface area contributed by atoms with Crippen molar-refractivity contribution in [3.63, 3.8) is 0 Å². The van der Waals surface area contributed by atoms with Crippen molar-refractivity contribution in [2.24, 2.45) is 0 Å². The maximum atomic E-state index is 14.0. The Bertz CT molecular complexity index is 1270. The highest BCUT2D eigenvalue weighted by atomic mass is 16.5. The lowest BCUT2D eigenvalue weighted by Gasteiger charge is -2.44. The summed E-state index contributed by atoms with van der Waals surface area (Å²) in [5.74, 6) is 1.41. The van der Waals surface area contributed by atoms with Crippen LogP contribution in [0.1, 0.15) is 61.7 Å². The van der Waals surface area contributed by atoms with Gasteiger partial charge in [0.25, 0.3) is 5.91 Å². The van der Waals surface area contributed by atoms with E-state index in [0.29, 0.717) is 35.0 Å². The molecule has 1 saturated carbocycles. The monoisotopic (exact) mass is 479 g/mol. The number of ether oxygens (including phenoxy) is 2. The van der Waals surface area contributed by atoms with Crippen molar-refractivity contribution in [1.82, 2.24) is 9.88 Å². The Labute approximate surface area is 205 Å². The number of hydrogen-bond donors (Lipinski definition) is 1. The topological polar surface area (TPSA) is 85.9 Å². The SMILES string of the molecule is COc1ccc(N2C(=O)c3cc4oc(C)cc4n3CC2(C)C(=O)NC2CCCCCC2)cc1OC. The summed E-state index contributed by atoms with van der Waals surface area (Å²) in [5.41, 5.74) is 1.38. The van der Waals surface area contributed by atoms with E-state index < -0.39 is 5.54 Å². The minimum absolute atomic E-state index is 0.117. The summed E-state index contributed by atoms with van der Waals surface area (Å²) < 4.78 is 18.6. The lowest BCUT2D eigenvalue weighted by Crippen LogP contribution is -2.65. The van der Waals surface area contributed by atoms with Crippen molar-refractivity contribution in [1.29, 1.82) is 0 Å². The lowest BCUT2D eigenvalue weighted by molar-refractivity contribution is -0.127. The molecule has 1 aliphatic heterocycles. The Morgan fingerprint density at radius 2 is 1.77 bits per heavy atom. The molecule has 5 rings (SSSR count). The molecule has 3 heterocycles. The molecule has 0 bridgehead atoms. The van der Waals surface area contributed by atoms with Crippen LogP contribution >= 0.6 is 0 Å². The number of furan rings is 1. The second-order valence-corrected chi connectivity index (χ2v) is 9.84. The van der Waals surface area contributed by atoms with Crippen LogP contribution in [0.3, 0.4) is 0 Å². The van der Waals surface area contributed by atoms with Gasteiger partial charge >= 0.3 is 0 Å². The summed E-state index contributed by atoms with van der Waals surface area (Å²) in [4.78, 5) is 29.6. The summed E-state index contributed by atoms with van der Waals surface area (Å²) in [6.07, 6.45) is 6.54. The van der Waals surface area contributed by atoms with Crippen LogP contribution in [0.4, 0.5) is 5.69 Å². The Kier molecular flexibility index (Phi) is 5.99. The van der Waals surface area contributed by atoms with Crippen molar-refractivity contribution < 1.29 is 23.5 Å². The van der Waals surface area contributed by atoms with Crippen LogP contribution in [0, 0.1) is 6.92 Å². The Balaban J connectivity index is 1.60. The molecule has 1 unspecified atom stereocenters. The number of benzene rings is 1. The van der Waals surface area contributed by atoms with Gasteiger partial charge in [0.15, 0.2) is 17.1 Å². The molecule has 3 aromatic rings. The van der Waals surface area contributed by atoms with Crippen LogP contribution in [0.25, 0.3) is 11.1 Å². The average Bonchev–Trinajstić information content (AvgIpc) is 3.24. The first-order valence-electron chi connectivity index (χ1n) is 12.3. The smallest absolute Gasteiger partial charge is 0.276 e. The number of carbonyl (C=O) groups excluding carboxylic acids is 2. The average molecular weight is 480 g/mol. The molecule has 1 atom stereocenters. The number of hydrogen-bond acceptors (Lipinski definition) is 5. The lowest BCUT2D eigenvalue weighted by atomic mass is 9.92. The Morgan fingerprint density at radius 3 is 2.46 bits per heavy atom. The zero-order valence-corrected chi connectivity index (χ0v) is 20.8. The van der Waals surface area contributed by atoms with Crippen LogP contribution in [-0.2, 0) is 11.3 Å². The highest BCUT2D eigenvalue weighted by Gasteiger charge is 2.49. The van der Waals surface area contributed by atoms with Gasteiger partial charge < -0.3 is 23.8 Å². The number of rotatable bonds is 5. The number of anilines is 1. The number of aryl methyl sites for hydroxylation is 1. The molecular weight excluding hydrogens is 446 g/mol. The first kappa shape index (κ1) is 23.3. The summed E-state index contributed by atoms with van der Waals surface area (Å²) in [6.45, 7) is 4.03. The predicted molar refractivity (Wildman–Crippen MR) is 133 cm³/mol. The zero-order chi connectivity index (χ0) is 24.7. The largest absolute Gasteiger partial charge is 0.493 e. The van der Waals surface area contributed by atoms with Crippen molar-refractivity contribution in [2.45, 2.75) is 70.5 Å². The summed E-state index contributed by atoms with van der Waals surface area (Å²) in [6, 6.07) is 9.10. The molecule has 186 valence electrons. The van der Waals surface area contributed by atoms with Gasteiger partial charge in [-0.05, 0) is 38.8 Å². The molecule has 0 saturated heterocycles. The molecule has 1 N–H and O–H groups in total. The quantitative estimate of drug-likeness (QED) is 0.531. The molecule has 2 aliphatic rings. The fourth-order valence-corrected chi connectivity index (χ4v) is 5.53. The number of fused-ring (bicyclic) bond motifs is 3. The molecule has 2 amide bonds. The van der Waals surface area contributed by atoms with Gasteiger partial charge in [-0.25, -0.2) is 0 Å². The normalized spacial score (nSPS) is 21.0. The highest BCUT2D eigenvalue weighted by Crippen LogP contribution is 2.40. The highest BCUT2D eigenvalue weighted by molar-refractivity contribution is 6.13. The van der Waals surface area contributed by atoms with E-state index in [9.17, 15) is 9.59 Å². The minimum Gasteiger partial charge on any atom is -0.493 e. The number of carbonyl (C=O) groups is 2. The molecule has 8 heteroatoms. The maximum Gasteiger partial charge on any atom is 0.276 e. The number of methoxy groups -OCH3 is 2. The Morgan fingerprint density at radius 1 is 1.06 bits per heavy atom. The molecule has 1 aromatic carbocycles. The number of nitrogens with zero attached hydrogens (tertiary/aromatic N) is 2. The van der Waals surface area contributed by atoms with Crippen molar-refractivity contribution >= 4 is 28.6 Å². The van der Waals surface area contributed by atoms with Gasteiger partial charge in [0.1, 0.15) is 17.0 Å². The third-order valence-corrected chi connectivity index (χ3v) is 7.40. The third-order valence-electron chi connectivity index (χ3n) is 7.40. The van der Waals surface area contributed by atoms with E-state index in [1.807, 2.05) is 24.5 Å². The van der Waals surface area contributed by atoms with Crippen LogP contribution in [-0.4, -0.2) is 42.2 Å². The minimum atomic E-state index is -1.16. The van der Waals surface area contributed by atoms with Crippen LogP contribution in [0.2, 0.25) is 0 Å². The summed E-state index contributed by atoms with van der Waals surface area (Å²) >= 11 is 0. The maximum absolute atomic E-state index is 14.0. The van der Waals surface area contributed by atoms with E-state index in [-0.39, 0.29) is 17.9 Å². The van der Waals surface area contributed by atoms with E-state index in [1.54, 1.807) is 43.4 Å². The summed E-state index contributed by atoms with van der Waals surface area (Å²) in [5, 5.41) is 3.29. The second kappa shape index (κ2) is 8.98. The van der Waals surface area contributed by atoms with Crippen molar-refractivity contribution in [2.75, 3.05) is 19.1 Å². The molecule has 1 fully saturated rings. The summed E-state index contributed by atoms with van der Waals surface area (Å²) in [7, 11) is 3.12. The van der Waals surface area contributed by atoms with Gasteiger partial charge in [0.05, 0.1) is 26.3 Å². The van der Waals surface area contributed by atoms with Gasteiger partial charge in [-0.15, -0.1) is 0 Å². The van der Waals surface area contributed by atoms with Gasteiger partial charge in [-0.3, -0.25) is 14.5 Å². The standard InChI is InChI=1S/C27H33N3O5/c1-17-13-20-23(35-17)15-21-25(31)30(19-11-12-22(33-3)24(14-19)34-4)27(2,16-29(20)21)26(32)28-18-9-7-5-6-8-10-18/h11-15,18H,5-10,16H2,1-4H3,(H,28,32). The molecule has 35 heavy (non-hydrogen) atoms. The molecular formula is C27H33N3O5. The van der Waals surface area contributed by atoms with Crippen LogP contribution in [0.15, 0.2) is 34.7 Å². The zero-order valence-electron chi connectivity index (χ0n) is 20.8. The fraction of sp³-hybridized carbons (Fsp3) is 0.481. The van der Waals surface area contributed by atoms with Gasteiger partial charge in [-0.2, -0.15) is 0 Å². The van der Waals surface area contributed by atoms with E-state index in [0.717, 1.165) is 37.0 Å². The van der Waals surface area contributed by atoms with Crippen molar-refractivity contribution in [3.05, 3.63) is 41.8 Å². The molecule has 0 radical (unpaired) electrons.